The minimum atomic E-state index is -0.155. The molecular weight excluding hydrogens is 250 g/mol. The summed E-state index contributed by atoms with van der Waals surface area (Å²) in [7, 11) is 0. The molecule has 0 radical (unpaired) electrons. The molecule has 0 aliphatic rings. The molecule has 0 spiro atoms. The Morgan fingerprint density at radius 3 is 2.60 bits per heavy atom. The Morgan fingerprint density at radius 2 is 1.95 bits per heavy atom. The summed E-state index contributed by atoms with van der Waals surface area (Å²) in [6.45, 7) is 9.01. The third-order valence-corrected chi connectivity index (χ3v) is 2.96. The van der Waals surface area contributed by atoms with E-state index in [0.29, 0.717) is 12.2 Å². The highest BCUT2D eigenvalue weighted by Crippen LogP contribution is 2.20. The highest BCUT2D eigenvalue weighted by Gasteiger charge is 2.10. The number of hydrogen-bond donors (Lipinski definition) is 0. The molecule has 0 atom stereocenters. The van der Waals surface area contributed by atoms with Crippen molar-refractivity contribution in [2.24, 2.45) is 0 Å². The number of aryl methyl sites for hydroxylation is 1. The molecule has 20 heavy (non-hydrogen) atoms. The van der Waals surface area contributed by atoms with Crippen LogP contribution in [0.2, 0.25) is 0 Å². The second kappa shape index (κ2) is 6.53. The number of ketones is 1. The number of benzene rings is 2. The topological polar surface area (TPSA) is 30.7 Å². The molecule has 0 fully saturated rings. The van der Waals surface area contributed by atoms with Gasteiger partial charge in [-0.25, -0.2) is 6.57 Å². The first kappa shape index (κ1) is 13.8. The Kier molecular flexibility index (Phi) is 4.52. The number of hydrogen-bond acceptors (Lipinski definition) is 2. The fourth-order valence-electron chi connectivity index (χ4n) is 1.88. The van der Waals surface area contributed by atoms with Gasteiger partial charge in [0, 0.05) is 5.56 Å². The predicted octanol–water partition coefficient (Wildman–Crippen LogP) is 3.68. The van der Waals surface area contributed by atoms with Crippen molar-refractivity contribution in [3.05, 3.63) is 76.6 Å². The zero-order chi connectivity index (χ0) is 14.4. The Labute approximate surface area is 118 Å². The van der Waals surface area contributed by atoms with Crippen LogP contribution in [0.15, 0.2) is 48.5 Å². The lowest BCUT2D eigenvalue weighted by Gasteiger charge is -2.10. The lowest BCUT2D eigenvalue weighted by Crippen LogP contribution is -2.03. The quantitative estimate of drug-likeness (QED) is 0.610. The maximum Gasteiger partial charge on any atom is 0.276 e. The van der Waals surface area contributed by atoms with Gasteiger partial charge < -0.3 is 9.58 Å². The molecule has 2 aromatic rings. The molecule has 0 amide bonds. The van der Waals surface area contributed by atoms with Crippen LogP contribution < -0.4 is 4.74 Å². The number of carbonyl (C=O) groups excluding carboxylic acids is 1. The lowest BCUT2D eigenvalue weighted by molar-refractivity contribution is 0.101. The van der Waals surface area contributed by atoms with E-state index in [1.165, 1.54) is 0 Å². The number of ether oxygens (including phenoxy) is 1. The third-order valence-electron chi connectivity index (χ3n) is 2.96. The molecular formula is C17H15NO2. The number of rotatable bonds is 5. The second-order valence-electron chi connectivity index (χ2n) is 4.49. The summed E-state index contributed by atoms with van der Waals surface area (Å²) in [4.78, 5) is 14.7. The van der Waals surface area contributed by atoms with Gasteiger partial charge in [0.1, 0.15) is 12.4 Å². The van der Waals surface area contributed by atoms with Crippen LogP contribution >= 0.6 is 0 Å². The van der Waals surface area contributed by atoms with Gasteiger partial charge in [0.2, 0.25) is 5.78 Å². The van der Waals surface area contributed by atoms with Crippen LogP contribution in [0.5, 0.6) is 5.75 Å². The van der Waals surface area contributed by atoms with E-state index in [9.17, 15) is 4.79 Å². The minimum absolute atomic E-state index is 0.107. The van der Waals surface area contributed by atoms with Crippen LogP contribution in [-0.4, -0.2) is 12.3 Å². The van der Waals surface area contributed by atoms with Gasteiger partial charge in [0.15, 0.2) is 0 Å². The summed E-state index contributed by atoms with van der Waals surface area (Å²) >= 11 is 0. The average molecular weight is 265 g/mol. The van der Waals surface area contributed by atoms with Crippen molar-refractivity contribution in [1.29, 1.82) is 0 Å². The first-order chi connectivity index (χ1) is 9.70. The number of nitrogens with zero attached hydrogens (tertiary/aromatic N) is 1. The molecule has 0 saturated carbocycles. The van der Waals surface area contributed by atoms with Crippen LogP contribution in [0.4, 0.5) is 0 Å². The van der Waals surface area contributed by atoms with Gasteiger partial charge in [-0.2, -0.15) is 0 Å². The van der Waals surface area contributed by atoms with Crippen molar-refractivity contribution >= 4 is 5.78 Å². The average Bonchev–Trinajstić information content (AvgIpc) is 2.47. The third kappa shape index (κ3) is 3.46. The molecule has 0 N–H and O–H groups in total. The monoisotopic (exact) mass is 265 g/mol. The summed E-state index contributed by atoms with van der Waals surface area (Å²) in [5.41, 5.74) is 2.56. The molecule has 0 unspecified atom stereocenters. The van der Waals surface area contributed by atoms with Crippen molar-refractivity contribution in [3.8, 4) is 5.75 Å². The molecule has 0 saturated heterocycles. The van der Waals surface area contributed by atoms with Crippen molar-refractivity contribution < 1.29 is 9.53 Å². The van der Waals surface area contributed by atoms with Crippen molar-refractivity contribution in [3.63, 3.8) is 0 Å². The molecule has 2 rings (SSSR count). The van der Waals surface area contributed by atoms with Gasteiger partial charge in [0.25, 0.3) is 6.54 Å². The van der Waals surface area contributed by atoms with Crippen LogP contribution in [-0.2, 0) is 6.61 Å². The van der Waals surface area contributed by atoms with E-state index in [4.69, 9.17) is 11.3 Å². The van der Waals surface area contributed by atoms with Gasteiger partial charge in [0.05, 0.1) is 0 Å². The first-order valence-corrected chi connectivity index (χ1v) is 6.34. The Hall–Kier alpha value is -2.60. The Balaban J connectivity index is 2.07. The number of carbonyl (C=O) groups is 1. The molecule has 2 aromatic carbocycles. The molecule has 3 heteroatoms. The fourth-order valence-corrected chi connectivity index (χ4v) is 1.88. The van der Waals surface area contributed by atoms with E-state index >= 15 is 0 Å². The molecule has 3 nitrogen and oxygen atoms in total. The van der Waals surface area contributed by atoms with Gasteiger partial charge in [-0.3, -0.25) is 4.79 Å². The minimum Gasteiger partial charge on any atom is -0.489 e. The van der Waals surface area contributed by atoms with Crippen molar-refractivity contribution in [2.45, 2.75) is 13.5 Å². The normalized spacial score (nSPS) is 9.80. The molecule has 0 aliphatic heterocycles. The summed E-state index contributed by atoms with van der Waals surface area (Å²) < 4.78 is 5.75. The zero-order valence-electron chi connectivity index (χ0n) is 11.3. The lowest BCUT2D eigenvalue weighted by atomic mass is 10.1. The molecule has 0 aliphatic carbocycles. The molecule has 0 bridgehead atoms. The van der Waals surface area contributed by atoms with E-state index in [1.807, 2.05) is 37.3 Å². The molecule has 0 aromatic heterocycles. The smallest absolute Gasteiger partial charge is 0.276 e. The maximum atomic E-state index is 11.6. The zero-order valence-corrected chi connectivity index (χ0v) is 11.3. The summed E-state index contributed by atoms with van der Waals surface area (Å²) in [5, 5.41) is 0. The van der Waals surface area contributed by atoms with Gasteiger partial charge >= 0.3 is 0 Å². The standard InChI is InChI=1S/C17H15NO2/c1-13-10-15(16(19)11-18-2)8-9-17(13)20-12-14-6-4-3-5-7-14/h3-10H,11-12H2,1H3. The van der Waals surface area contributed by atoms with Crippen molar-refractivity contribution in [2.75, 3.05) is 6.54 Å². The van der Waals surface area contributed by atoms with Crippen LogP contribution in [0.3, 0.4) is 0 Å². The SMILES string of the molecule is [C-]#[N+]CC(=O)c1ccc(OCc2ccccc2)c(C)c1. The van der Waals surface area contributed by atoms with E-state index in [1.54, 1.807) is 18.2 Å². The van der Waals surface area contributed by atoms with E-state index in [-0.39, 0.29) is 12.3 Å². The van der Waals surface area contributed by atoms with Gasteiger partial charge in [-0.05, 0) is 36.2 Å². The van der Waals surface area contributed by atoms with Crippen molar-refractivity contribution in [1.82, 2.24) is 0 Å². The highest BCUT2D eigenvalue weighted by atomic mass is 16.5. The largest absolute Gasteiger partial charge is 0.489 e. The highest BCUT2D eigenvalue weighted by molar-refractivity contribution is 5.98. The Bertz CT molecular complexity index is 642. The number of Topliss-reactive ketones (excluding diaryl/α,β-unsaturated/α-hetero) is 1. The summed E-state index contributed by atoms with van der Waals surface area (Å²) in [6, 6.07) is 15.2. The van der Waals surface area contributed by atoms with Crippen LogP contribution in [0.1, 0.15) is 21.5 Å². The second-order valence-corrected chi connectivity index (χ2v) is 4.49. The molecule has 100 valence electrons. The van der Waals surface area contributed by atoms with Gasteiger partial charge in [-0.1, -0.05) is 30.3 Å². The maximum absolute atomic E-state index is 11.6. The van der Waals surface area contributed by atoms with Crippen LogP contribution in [0.25, 0.3) is 4.85 Å². The van der Waals surface area contributed by atoms with Gasteiger partial charge in [-0.15, -0.1) is 0 Å². The Morgan fingerprint density at radius 1 is 1.20 bits per heavy atom. The predicted molar refractivity (Wildman–Crippen MR) is 77.8 cm³/mol. The van der Waals surface area contributed by atoms with E-state index < -0.39 is 0 Å². The van der Waals surface area contributed by atoms with E-state index in [2.05, 4.69) is 4.85 Å². The first-order valence-electron chi connectivity index (χ1n) is 6.34. The molecule has 0 heterocycles. The van der Waals surface area contributed by atoms with E-state index in [0.717, 1.165) is 16.9 Å². The summed E-state index contributed by atoms with van der Waals surface area (Å²) in [5.74, 6) is 0.603. The fraction of sp³-hybridized carbons (Fsp3) is 0.176. The van der Waals surface area contributed by atoms with Crippen LogP contribution in [0, 0.1) is 13.5 Å². The summed E-state index contributed by atoms with van der Waals surface area (Å²) in [6.07, 6.45) is 0.